The molecule has 1 aromatic rings. The van der Waals surface area contributed by atoms with Crippen LogP contribution >= 0.6 is 0 Å². The SMILES string of the molecule is CNCc1cc(F)cnc1N. The highest BCUT2D eigenvalue weighted by molar-refractivity contribution is 5.38. The molecule has 4 heteroatoms. The Balaban J connectivity index is 2.93. The molecular weight excluding hydrogens is 145 g/mol. The molecule has 0 radical (unpaired) electrons. The normalized spacial score (nSPS) is 10.0. The van der Waals surface area contributed by atoms with E-state index in [1.165, 1.54) is 6.07 Å². The minimum absolute atomic E-state index is 0.357. The van der Waals surface area contributed by atoms with E-state index in [-0.39, 0.29) is 5.82 Å². The Morgan fingerprint density at radius 3 is 3.09 bits per heavy atom. The summed E-state index contributed by atoms with van der Waals surface area (Å²) in [6.07, 6.45) is 1.11. The zero-order valence-electron chi connectivity index (χ0n) is 6.26. The molecule has 0 saturated heterocycles. The Bertz CT molecular complexity index is 249. The quantitative estimate of drug-likeness (QED) is 0.654. The molecule has 1 rings (SSSR count). The van der Waals surface area contributed by atoms with Crippen molar-refractivity contribution < 1.29 is 4.39 Å². The van der Waals surface area contributed by atoms with Crippen LogP contribution in [0.3, 0.4) is 0 Å². The maximum atomic E-state index is 12.5. The van der Waals surface area contributed by atoms with Crippen LogP contribution in [-0.4, -0.2) is 12.0 Å². The summed E-state index contributed by atoms with van der Waals surface area (Å²) in [5, 5.41) is 2.87. The summed E-state index contributed by atoms with van der Waals surface area (Å²) in [6, 6.07) is 1.37. The van der Waals surface area contributed by atoms with E-state index in [4.69, 9.17) is 5.73 Å². The fraction of sp³-hybridized carbons (Fsp3) is 0.286. The third-order valence-electron chi connectivity index (χ3n) is 1.34. The number of nitrogens with two attached hydrogens (primary N) is 1. The van der Waals surface area contributed by atoms with Crippen molar-refractivity contribution >= 4 is 5.82 Å². The summed E-state index contributed by atoms with van der Waals surface area (Å²) < 4.78 is 12.5. The molecule has 0 spiro atoms. The lowest BCUT2D eigenvalue weighted by atomic mass is 10.2. The molecule has 3 nitrogen and oxygen atoms in total. The summed E-state index contributed by atoms with van der Waals surface area (Å²) in [5.41, 5.74) is 6.15. The van der Waals surface area contributed by atoms with Crippen LogP contribution in [0.2, 0.25) is 0 Å². The van der Waals surface area contributed by atoms with E-state index >= 15 is 0 Å². The van der Waals surface area contributed by atoms with Crippen LogP contribution in [0.25, 0.3) is 0 Å². The molecule has 0 aliphatic carbocycles. The molecule has 0 atom stereocenters. The monoisotopic (exact) mass is 155 g/mol. The van der Waals surface area contributed by atoms with E-state index in [1.807, 2.05) is 0 Å². The Labute approximate surface area is 64.4 Å². The van der Waals surface area contributed by atoms with Crippen LogP contribution in [0.5, 0.6) is 0 Å². The Morgan fingerprint density at radius 2 is 2.45 bits per heavy atom. The Morgan fingerprint density at radius 1 is 1.73 bits per heavy atom. The zero-order chi connectivity index (χ0) is 8.27. The van der Waals surface area contributed by atoms with Crippen molar-refractivity contribution in [2.45, 2.75) is 6.54 Å². The molecule has 0 unspecified atom stereocenters. The first-order valence-corrected chi connectivity index (χ1v) is 3.28. The molecule has 0 aliphatic heterocycles. The van der Waals surface area contributed by atoms with Crippen LogP contribution in [0, 0.1) is 5.82 Å². The number of hydrogen-bond acceptors (Lipinski definition) is 3. The topological polar surface area (TPSA) is 50.9 Å². The minimum Gasteiger partial charge on any atom is -0.383 e. The predicted octanol–water partition coefficient (Wildman–Crippen LogP) is 0.522. The van der Waals surface area contributed by atoms with Crippen molar-refractivity contribution in [1.29, 1.82) is 0 Å². The number of hydrogen-bond donors (Lipinski definition) is 2. The third-order valence-corrected chi connectivity index (χ3v) is 1.34. The third kappa shape index (κ3) is 1.88. The van der Waals surface area contributed by atoms with Crippen LogP contribution < -0.4 is 11.1 Å². The van der Waals surface area contributed by atoms with Crippen molar-refractivity contribution in [3.05, 3.63) is 23.6 Å². The Hall–Kier alpha value is -1.16. The summed E-state index contributed by atoms with van der Waals surface area (Å²) in [6.45, 7) is 0.538. The van der Waals surface area contributed by atoms with Gasteiger partial charge in [0.1, 0.15) is 11.6 Å². The summed E-state index contributed by atoms with van der Waals surface area (Å²) in [4.78, 5) is 3.66. The van der Waals surface area contributed by atoms with E-state index in [1.54, 1.807) is 7.05 Å². The number of nitrogens with zero attached hydrogens (tertiary/aromatic N) is 1. The second kappa shape index (κ2) is 3.30. The van der Waals surface area contributed by atoms with Gasteiger partial charge in [-0.1, -0.05) is 0 Å². The van der Waals surface area contributed by atoms with Crippen molar-refractivity contribution in [1.82, 2.24) is 10.3 Å². The molecule has 0 aliphatic rings. The lowest BCUT2D eigenvalue weighted by molar-refractivity contribution is 0.617. The van der Waals surface area contributed by atoms with Gasteiger partial charge in [0.15, 0.2) is 0 Å². The number of anilines is 1. The molecular formula is C7H10FN3. The molecule has 1 aromatic heterocycles. The van der Waals surface area contributed by atoms with E-state index in [0.717, 1.165) is 6.20 Å². The van der Waals surface area contributed by atoms with Gasteiger partial charge in [-0.25, -0.2) is 9.37 Å². The number of rotatable bonds is 2. The lowest BCUT2D eigenvalue weighted by Crippen LogP contribution is -2.09. The highest BCUT2D eigenvalue weighted by Gasteiger charge is 1.99. The number of pyridine rings is 1. The van der Waals surface area contributed by atoms with Crippen LogP contribution in [-0.2, 0) is 6.54 Å². The molecule has 0 fully saturated rings. The molecule has 0 saturated carbocycles. The van der Waals surface area contributed by atoms with Gasteiger partial charge in [0, 0.05) is 12.1 Å². The van der Waals surface area contributed by atoms with Gasteiger partial charge >= 0.3 is 0 Å². The van der Waals surface area contributed by atoms with Crippen LogP contribution in [0.1, 0.15) is 5.56 Å². The second-order valence-electron chi connectivity index (χ2n) is 2.23. The maximum Gasteiger partial charge on any atom is 0.141 e. The van der Waals surface area contributed by atoms with Crippen molar-refractivity contribution in [2.75, 3.05) is 12.8 Å². The fourth-order valence-corrected chi connectivity index (χ4v) is 0.824. The smallest absolute Gasteiger partial charge is 0.141 e. The molecule has 60 valence electrons. The maximum absolute atomic E-state index is 12.5. The van der Waals surface area contributed by atoms with E-state index < -0.39 is 0 Å². The average molecular weight is 155 g/mol. The van der Waals surface area contributed by atoms with Gasteiger partial charge < -0.3 is 11.1 Å². The van der Waals surface area contributed by atoms with E-state index in [0.29, 0.717) is 17.9 Å². The molecule has 1 heterocycles. The van der Waals surface area contributed by atoms with Gasteiger partial charge in [-0.3, -0.25) is 0 Å². The van der Waals surface area contributed by atoms with Crippen molar-refractivity contribution in [2.24, 2.45) is 0 Å². The van der Waals surface area contributed by atoms with Crippen molar-refractivity contribution in [3.63, 3.8) is 0 Å². The van der Waals surface area contributed by atoms with Crippen LogP contribution in [0.15, 0.2) is 12.3 Å². The standard InChI is InChI=1S/C7H10FN3/c1-10-3-5-2-6(8)4-11-7(5)9/h2,4,10H,3H2,1H3,(H2,9,11). The van der Waals surface area contributed by atoms with Gasteiger partial charge in [0.2, 0.25) is 0 Å². The van der Waals surface area contributed by atoms with Gasteiger partial charge in [-0.2, -0.15) is 0 Å². The van der Waals surface area contributed by atoms with Crippen LogP contribution in [0.4, 0.5) is 10.2 Å². The molecule has 11 heavy (non-hydrogen) atoms. The lowest BCUT2D eigenvalue weighted by Gasteiger charge is -2.02. The van der Waals surface area contributed by atoms with Gasteiger partial charge in [0.05, 0.1) is 6.20 Å². The highest BCUT2D eigenvalue weighted by Crippen LogP contribution is 2.08. The van der Waals surface area contributed by atoms with Gasteiger partial charge in [-0.15, -0.1) is 0 Å². The fourth-order valence-electron chi connectivity index (χ4n) is 0.824. The number of nitrogen functional groups attached to an aromatic ring is 1. The van der Waals surface area contributed by atoms with Gasteiger partial charge in [0.25, 0.3) is 0 Å². The largest absolute Gasteiger partial charge is 0.383 e. The first-order valence-electron chi connectivity index (χ1n) is 3.28. The number of halogens is 1. The summed E-state index contributed by atoms with van der Waals surface area (Å²) in [5.74, 6) is 0.0187. The molecule has 0 aromatic carbocycles. The molecule has 0 bridgehead atoms. The highest BCUT2D eigenvalue weighted by atomic mass is 19.1. The first kappa shape index (κ1) is 7.94. The minimum atomic E-state index is -0.357. The predicted molar refractivity (Wildman–Crippen MR) is 41.4 cm³/mol. The van der Waals surface area contributed by atoms with Gasteiger partial charge in [-0.05, 0) is 13.1 Å². The molecule has 0 amide bonds. The summed E-state index contributed by atoms with van der Waals surface area (Å²) >= 11 is 0. The average Bonchev–Trinajstić information content (AvgIpc) is 1.98. The summed E-state index contributed by atoms with van der Waals surface area (Å²) in [7, 11) is 1.77. The number of aromatic nitrogens is 1. The number of nitrogens with one attached hydrogen (secondary N) is 1. The Kier molecular flexibility index (Phi) is 2.38. The first-order chi connectivity index (χ1) is 5.24. The zero-order valence-corrected chi connectivity index (χ0v) is 6.26. The van der Waals surface area contributed by atoms with E-state index in [9.17, 15) is 4.39 Å². The van der Waals surface area contributed by atoms with Crippen molar-refractivity contribution in [3.8, 4) is 0 Å². The molecule has 3 N–H and O–H groups in total. The second-order valence-corrected chi connectivity index (χ2v) is 2.23. The van der Waals surface area contributed by atoms with E-state index in [2.05, 4.69) is 10.3 Å².